The van der Waals surface area contributed by atoms with Gasteiger partial charge in [-0.1, -0.05) is 18.2 Å². The third-order valence-corrected chi connectivity index (χ3v) is 4.55. The van der Waals surface area contributed by atoms with Crippen LogP contribution < -0.4 is 16.2 Å². The molecule has 0 aliphatic heterocycles. The topological polar surface area (TPSA) is 116 Å². The quantitative estimate of drug-likeness (QED) is 0.518. The molecule has 4 aromatic rings. The van der Waals surface area contributed by atoms with Gasteiger partial charge in [-0.25, -0.2) is 19.3 Å². The maximum absolute atomic E-state index is 12.9. The van der Waals surface area contributed by atoms with Crippen LogP contribution in [0.15, 0.2) is 53.3 Å². The molecule has 1 amide bonds. The molecule has 2 heterocycles. The number of carbonyl (C=O) groups excluding carboxylic acids is 1. The number of nitrogens with zero attached hydrogens (tertiary/aromatic N) is 3. The first kappa shape index (κ1) is 20.1. The lowest BCUT2D eigenvalue weighted by Crippen LogP contribution is -2.15. The second-order valence-electron chi connectivity index (χ2n) is 6.50. The van der Waals surface area contributed by atoms with Gasteiger partial charge < -0.3 is 15.5 Å². The van der Waals surface area contributed by atoms with Gasteiger partial charge in [0.25, 0.3) is 5.91 Å². The van der Waals surface area contributed by atoms with Crippen molar-refractivity contribution < 1.29 is 22.7 Å². The standard InChI is InChI=1S/C20H14F3N5O3/c1-31-13-4-2-3-12(9-13)28-18-15(26-19(28)30)14(16(24)29)25-17(27-18)10-5-7-11(8-6-10)20(21,22)23/h2-9H,1H3,(H2,24,29)(H,26,30). The molecule has 0 aliphatic carbocycles. The van der Waals surface area contributed by atoms with Crippen molar-refractivity contribution in [3.05, 3.63) is 70.3 Å². The van der Waals surface area contributed by atoms with Crippen LogP contribution in [0.25, 0.3) is 28.2 Å². The monoisotopic (exact) mass is 429 g/mol. The number of aromatic amines is 1. The Morgan fingerprint density at radius 1 is 1.13 bits per heavy atom. The minimum atomic E-state index is -4.50. The number of primary amides is 1. The first-order chi connectivity index (χ1) is 14.7. The van der Waals surface area contributed by atoms with Crippen molar-refractivity contribution in [2.24, 2.45) is 5.73 Å². The Morgan fingerprint density at radius 3 is 2.45 bits per heavy atom. The highest BCUT2D eigenvalue weighted by molar-refractivity contribution is 6.02. The highest BCUT2D eigenvalue weighted by Crippen LogP contribution is 2.31. The number of benzene rings is 2. The number of nitrogens with one attached hydrogen (secondary N) is 1. The minimum Gasteiger partial charge on any atom is -0.497 e. The number of H-pyrrole nitrogens is 1. The Bertz CT molecular complexity index is 1360. The van der Waals surface area contributed by atoms with E-state index in [4.69, 9.17) is 10.5 Å². The first-order valence-corrected chi connectivity index (χ1v) is 8.83. The predicted molar refractivity (Wildman–Crippen MR) is 105 cm³/mol. The molecule has 4 rings (SSSR count). The van der Waals surface area contributed by atoms with Crippen molar-refractivity contribution >= 4 is 17.1 Å². The molecule has 0 unspecified atom stereocenters. The van der Waals surface area contributed by atoms with Crippen LogP contribution in [0.1, 0.15) is 16.1 Å². The van der Waals surface area contributed by atoms with Crippen molar-refractivity contribution in [3.8, 4) is 22.8 Å². The van der Waals surface area contributed by atoms with Crippen molar-refractivity contribution in [2.75, 3.05) is 7.11 Å². The number of halogens is 3. The number of imidazole rings is 1. The van der Waals surface area contributed by atoms with Gasteiger partial charge in [0, 0.05) is 11.6 Å². The maximum Gasteiger partial charge on any atom is 0.416 e. The Labute approximate surface area is 172 Å². The summed E-state index contributed by atoms with van der Waals surface area (Å²) in [6, 6.07) is 10.6. The van der Waals surface area contributed by atoms with E-state index < -0.39 is 23.3 Å². The molecule has 0 radical (unpaired) electrons. The van der Waals surface area contributed by atoms with Gasteiger partial charge in [-0.05, 0) is 24.3 Å². The van der Waals surface area contributed by atoms with Gasteiger partial charge in [-0.3, -0.25) is 4.79 Å². The van der Waals surface area contributed by atoms with E-state index in [1.165, 1.54) is 23.8 Å². The van der Waals surface area contributed by atoms with Gasteiger partial charge in [0.05, 0.1) is 18.4 Å². The van der Waals surface area contributed by atoms with Crippen LogP contribution in [0.3, 0.4) is 0 Å². The number of rotatable bonds is 4. The lowest BCUT2D eigenvalue weighted by Gasteiger charge is -2.09. The molecule has 0 saturated heterocycles. The van der Waals surface area contributed by atoms with Crippen molar-refractivity contribution in [1.82, 2.24) is 19.5 Å². The van der Waals surface area contributed by atoms with Crippen molar-refractivity contribution in [1.29, 1.82) is 0 Å². The van der Waals surface area contributed by atoms with Crippen LogP contribution in [0.2, 0.25) is 0 Å². The second kappa shape index (κ2) is 7.27. The van der Waals surface area contributed by atoms with Crippen LogP contribution in [0.5, 0.6) is 5.75 Å². The number of nitrogens with two attached hydrogens (primary N) is 1. The number of ether oxygens (including phenoxy) is 1. The number of methoxy groups -OCH3 is 1. The summed E-state index contributed by atoms with van der Waals surface area (Å²) in [5, 5.41) is 0. The highest BCUT2D eigenvalue weighted by Gasteiger charge is 2.30. The fourth-order valence-electron chi connectivity index (χ4n) is 3.09. The van der Waals surface area contributed by atoms with Crippen molar-refractivity contribution in [2.45, 2.75) is 6.18 Å². The van der Waals surface area contributed by atoms with Gasteiger partial charge in [0.1, 0.15) is 11.3 Å². The van der Waals surface area contributed by atoms with E-state index in [9.17, 15) is 22.8 Å². The molecule has 3 N–H and O–H groups in total. The van der Waals surface area contributed by atoms with Crippen molar-refractivity contribution in [3.63, 3.8) is 0 Å². The zero-order chi connectivity index (χ0) is 22.3. The average Bonchev–Trinajstić information content (AvgIpc) is 3.08. The van der Waals surface area contributed by atoms with E-state index in [2.05, 4.69) is 15.0 Å². The molecule has 0 atom stereocenters. The number of hydrogen-bond acceptors (Lipinski definition) is 5. The zero-order valence-electron chi connectivity index (χ0n) is 15.9. The minimum absolute atomic E-state index is 0.0102. The van der Waals surface area contributed by atoms with Gasteiger partial charge in [0.15, 0.2) is 17.2 Å². The summed E-state index contributed by atoms with van der Waals surface area (Å²) in [7, 11) is 1.47. The van der Waals surface area contributed by atoms with Crippen LogP contribution >= 0.6 is 0 Å². The largest absolute Gasteiger partial charge is 0.497 e. The van der Waals surface area contributed by atoms with Crippen LogP contribution in [-0.2, 0) is 6.18 Å². The fraction of sp³-hybridized carbons (Fsp3) is 0.100. The van der Waals surface area contributed by atoms with Gasteiger partial charge >= 0.3 is 11.9 Å². The summed E-state index contributed by atoms with van der Waals surface area (Å²) in [6.45, 7) is 0. The van der Waals surface area contributed by atoms with Gasteiger partial charge in [0.2, 0.25) is 0 Å². The number of amides is 1. The summed E-state index contributed by atoms with van der Waals surface area (Å²) in [6.07, 6.45) is -4.50. The molecular weight excluding hydrogens is 415 g/mol. The Hall–Kier alpha value is -4.15. The van der Waals surface area contributed by atoms with E-state index in [0.29, 0.717) is 11.4 Å². The number of aromatic nitrogens is 4. The van der Waals surface area contributed by atoms with E-state index in [-0.39, 0.29) is 28.2 Å². The zero-order valence-corrected chi connectivity index (χ0v) is 15.9. The summed E-state index contributed by atoms with van der Waals surface area (Å²) in [4.78, 5) is 35.5. The molecule has 2 aromatic carbocycles. The van der Waals surface area contributed by atoms with E-state index in [1.807, 2.05) is 0 Å². The molecule has 158 valence electrons. The highest BCUT2D eigenvalue weighted by atomic mass is 19.4. The number of fused-ring (bicyclic) bond motifs is 1. The van der Waals surface area contributed by atoms with Crippen LogP contribution in [0, 0.1) is 0 Å². The molecule has 11 heteroatoms. The molecular formula is C20H14F3N5O3. The lowest BCUT2D eigenvalue weighted by atomic mass is 10.1. The van der Waals surface area contributed by atoms with E-state index >= 15 is 0 Å². The van der Waals surface area contributed by atoms with Gasteiger partial charge in [-0.15, -0.1) is 0 Å². The number of carbonyl (C=O) groups is 1. The maximum atomic E-state index is 12.9. The van der Waals surface area contributed by atoms with Crippen LogP contribution in [-0.4, -0.2) is 32.5 Å². The number of alkyl halides is 3. The second-order valence-corrected chi connectivity index (χ2v) is 6.50. The molecule has 0 spiro atoms. The first-order valence-electron chi connectivity index (χ1n) is 8.83. The number of hydrogen-bond donors (Lipinski definition) is 2. The molecule has 0 aliphatic rings. The van der Waals surface area contributed by atoms with E-state index in [1.54, 1.807) is 24.3 Å². The summed E-state index contributed by atoms with van der Waals surface area (Å²) < 4.78 is 45.0. The normalized spacial score (nSPS) is 11.6. The fourth-order valence-corrected chi connectivity index (χ4v) is 3.09. The van der Waals surface area contributed by atoms with E-state index in [0.717, 1.165) is 12.1 Å². The molecule has 0 saturated carbocycles. The van der Waals surface area contributed by atoms with Crippen LogP contribution in [0.4, 0.5) is 13.2 Å². The molecule has 0 fully saturated rings. The average molecular weight is 429 g/mol. The Morgan fingerprint density at radius 2 is 1.84 bits per heavy atom. The summed E-state index contributed by atoms with van der Waals surface area (Å²) in [5.74, 6) is -0.517. The lowest BCUT2D eigenvalue weighted by molar-refractivity contribution is -0.137. The predicted octanol–water partition coefficient (Wildman–Crippen LogP) is 2.90. The molecule has 0 bridgehead atoms. The third-order valence-electron chi connectivity index (χ3n) is 4.55. The molecule has 2 aromatic heterocycles. The smallest absolute Gasteiger partial charge is 0.416 e. The molecule has 8 nitrogen and oxygen atoms in total. The molecule has 31 heavy (non-hydrogen) atoms. The Kier molecular flexibility index (Phi) is 4.72. The van der Waals surface area contributed by atoms with Gasteiger partial charge in [-0.2, -0.15) is 13.2 Å². The Balaban J connectivity index is 1.96. The third kappa shape index (κ3) is 3.61. The summed E-state index contributed by atoms with van der Waals surface area (Å²) in [5.41, 5.74) is 4.36. The summed E-state index contributed by atoms with van der Waals surface area (Å²) >= 11 is 0. The SMILES string of the molecule is COc1cccc(-n2c(=O)[nH]c3c(C(N)=O)nc(-c4ccc(C(F)(F)F)cc4)nc32)c1.